The minimum absolute atomic E-state index is 0.739. The van der Waals surface area contributed by atoms with Crippen molar-refractivity contribution in [3.05, 3.63) is 164 Å². The predicted octanol–water partition coefficient (Wildman–Crippen LogP) is 12.5. The van der Waals surface area contributed by atoms with E-state index in [-0.39, 0.29) is 0 Å². The molecular weight excluding hydrogens is 704 g/mol. The SMILES string of the molecule is S=P12c3ccc(-c4cccc5c4oc4ccccc45)cc3Oc3cc(-c4ccccc4)cc(c31)Oc1cc(-c3cccc4c3oc3ccccc34)ccc12. The largest absolute Gasteiger partial charge is 0.456 e. The normalized spacial score (nSPS) is 13.7. The zero-order valence-corrected chi connectivity index (χ0v) is 30.3. The van der Waals surface area contributed by atoms with Gasteiger partial charge in [0, 0.05) is 43.3 Å². The molecule has 6 heteroatoms. The van der Waals surface area contributed by atoms with Gasteiger partial charge in [-0.15, -0.1) is 0 Å². The van der Waals surface area contributed by atoms with Gasteiger partial charge in [-0.3, -0.25) is 0 Å². The molecule has 4 heterocycles. The van der Waals surface area contributed by atoms with E-state index in [2.05, 4.69) is 109 Å². The number of hydrogen-bond acceptors (Lipinski definition) is 5. The lowest BCUT2D eigenvalue weighted by Crippen LogP contribution is -2.35. The Hall–Kier alpha value is -6.39. The van der Waals surface area contributed by atoms with E-state index in [0.717, 1.165) is 116 Å². The molecule has 0 aliphatic carbocycles. The molecule has 8 aromatic carbocycles. The highest BCUT2D eigenvalue weighted by atomic mass is 32.4. The fraction of sp³-hybridized carbons (Fsp3) is 0. The van der Waals surface area contributed by atoms with Crippen LogP contribution in [-0.2, 0) is 11.8 Å². The van der Waals surface area contributed by atoms with Gasteiger partial charge < -0.3 is 18.3 Å². The standard InChI is InChI=1S/C48H27O4PS/c54-53-44-22-20-29(32-14-8-16-36-34-12-4-6-18-38(34)51-46(32)36)24-40(44)49-42-26-31(28-10-2-1-3-11-28)27-43(48(42)53)50-41-25-30(21-23-45(41)53)33-15-9-17-37-35-13-5-7-19-39(35)52-47(33)37/h1-27H. The van der Waals surface area contributed by atoms with Crippen LogP contribution in [-0.4, -0.2) is 0 Å². The van der Waals surface area contributed by atoms with Gasteiger partial charge in [-0.1, -0.05) is 127 Å². The summed E-state index contributed by atoms with van der Waals surface area (Å²) in [5.41, 5.74) is 9.55. The molecule has 2 aromatic heterocycles. The summed E-state index contributed by atoms with van der Waals surface area (Å²) in [7, 11) is 0. The maximum absolute atomic E-state index is 6.99. The van der Waals surface area contributed by atoms with E-state index in [4.69, 9.17) is 30.1 Å². The molecule has 0 bridgehead atoms. The fourth-order valence-corrected chi connectivity index (χ4v) is 12.9. The van der Waals surface area contributed by atoms with E-state index >= 15 is 0 Å². The van der Waals surface area contributed by atoms with Gasteiger partial charge in [0.2, 0.25) is 0 Å². The number of para-hydroxylation sites is 4. The topological polar surface area (TPSA) is 44.7 Å². The molecule has 10 aromatic rings. The van der Waals surface area contributed by atoms with Crippen LogP contribution in [0.3, 0.4) is 0 Å². The van der Waals surface area contributed by atoms with Crippen molar-refractivity contribution in [1.82, 2.24) is 0 Å². The van der Waals surface area contributed by atoms with Crippen LogP contribution >= 0.6 is 6.04 Å². The van der Waals surface area contributed by atoms with Gasteiger partial charge in [0.05, 0.1) is 11.3 Å². The molecule has 0 spiro atoms. The number of hydrogen-bond donors (Lipinski definition) is 0. The lowest BCUT2D eigenvalue weighted by molar-refractivity contribution is 0.467. The Morgan fingerprint density at radius 3 is 1.37 bits per heavy atom. The number of fused-ring (bicyclic) bond motifs is 10. The van der Waals surface area contributed by atoms with Gasteiger partial charge >= 0.3 is 0 Å². The predicted molar refractivity (Wildman–Crippen MR) is 224 cm³/mol. The summed E-state index contributed by atoms with van der Waals surface area (Å²) in [6.45, 7) is 0. The van der Waals surface area contributed by atoms with Crippen LogP contribution in [0.2, 0.25) is 0 Å². The van der Waals surface area contributed by atoms with E-state index in [1.807, 2.05) is 54.6 Å². The molecular formula is C48H27O4PS. The van der Waals surface area contributed by atoms with Crippen molar-refractivity contribution in [3.8, 4) is 56.4 Å². The number of furan rings is 2. The minimum atomic E-state index is -2.66. The highest BCUT2D eigenvalue weighted by Crippen LogP contribution is 2.60. The molecule has 0 radical (unpaired) electrons. The lowest BCUT2D eigenvalue weighted by Gasteiger charge is -2.38. The van der Waals surface area contributed by atoms with Crippen molar-refractivity contribution in [2.75, 3.05) is 0 Å². The molecule has 0 unspecified atom stereocenters. The van der Waals surface area contributed by atoms with Crippen molar-refractivity contribution in [3.63, 3.8) is 0 Å². The minimum Gasteiger partial charge on any atom is -0.456 e. The van der Waals surface area contributed by atoms with Crippen LogP contribution < -0.4 is 25.4 Å². The maximum Gasteiger partial charge on any atom is 0.143 e. The molecule has 12 rings (SSSR count). The van der Waals surface area contributed by atoms with E-state index in [1.54, 1.807) is 0 Å². The van der Waals surface area contributed by atoms with Crippen LogP contribution in [0.5, 0.6) is 23.0 Å². The Kier molecular flexibility index (Phi) is 6.17. The van der Waals surface area contributed by atoms with Gasteiger partial charge in [-0.2, -0.15) is 0 Å². The summed E-state index contributed by atoms with van der Waals surface area (Å²) in [6.07, 6.45) is 0. The first-order valence-electron chi connectivity index (χ1n) is 17.9. The van der Waals surface area contributed by atoms with Crippen molar-refractivity contribution in [2.24, 2.45) is 0 Å². The first-order valence-corrected chi connectivity index (χ1v) is 20.7. The third-order valence-corrected chi connectivity index (χ3v) is 15.8. The molecule has 4 nitrogen and oxygen atoms in total. The fourth-order valence-electron chi connectivity index (χ4n) is 8.45. The third kappa shape index (κ3) is 4.17. The van der Waals surface area contributed by atoms with E-state index in [0.29, 0.717) is 0 Å². The van der Waals surface area contributed by atoms with Gasteiger partial charge in [0.25, 0.3) is 0 Å². The first-order chi connectivity index (χ1) is 26.6. The second kappa shape index (κ2) is 11.1. The van der Waals surface area contributed by atoms with Crippen LogP contribution in [0.1, 0.15) is 0 Å². The zero-order valence-electron chi connectivity index (χ0n) is 28.6. The molecule has 0 fully saturated rings. The van der Waals surface area contributed by atoms with Crippen LogP contribution in [0, 0.1) is 0 Å². The van der Waals surface area contributed by atoms with Crippen LogP contribution in [0.25, 0.3) is 77.3 Å². The molecule has 0 saturated carbocycles. The van der Waals surface area contributed by atoms with Gasteiger partial charge in [0.15, 0.2) is 0 Å². The monoisotopic (exact) mass is 730 g/mol. The van der Waals surface area contributed by atoms with E-state index in [1.165, 1.54) is 0 Å². The van der Waals surface area contributed by atoms with Gasteiger partial charge in [0.1, 0.15) is 45.3 Å². The number of ether oxygens (including phenoxy) is 2. The molecule has 0 N–H and O–H groups in total. The van der Waals surface area contributed by atoms with Crippen molar-refractivity contribution < 1.29 is 18.3 Å². The summed E-state index contributed by atoms with van der Waals surface area (Å²) in [5.74, 6) is 3.00. The maximum atomic E-state index is 6.99. The van der Waals surface area contributed by atoms with Crippen molar-refractivity contribution in [1.29, 1.82) is 0 Å². The van der Waals surface area contributed by atoms with Gasteiger partial charge in [-0.05, 0) is 70.8 Å². The second-order valence-corrected chi connectivity index (χ2v) is 18.2. The summed E-state index contributed by atoms with van der Waals surface area (Å²) >= 11 is 6.99. The summed E-state index contributed by atoms with van der Waals surface area (Å²) in [6, 6.07) is 53.9. The highest BCUT2D eigenvalue weighted by Gasteiger charge is 2.43. The van der Waals surface area contributed by atoms with E-state index in [9.17, 15) is 0 Å². The zero-order chi connectivity index (χ0) is 35.5. The lowest BCUT2D eigenvalue weighted by atomic mass is 10.0. The molecule has 54 heavy (non-hydrogen) atoms. The Morgan fingerprint density at radius 1 is 0.370 bits per heavy atom. The average Bonchev–Trinajstić information content (AvgIpc) is 3.79. The molecule has 0 amide bonds. The highest BCUT2D eigenvalue weighted by molar-refractivity contribution is 8.26. The quantitative estimate of drug-likeness (QED) is 0.169. The second-order valence-electron chi connectivity index (χ2n) is 13.9. The Bertz CT molecular complexity index is 3070. The molecule has 0 saturated heterocycles. The van der Waals surface area contributed by atoms with E-state index < -0.39 is 6.04 Å². The first kappa shape index (κ1) is 30.1. The number of benzene rings is 8. The summed E-state index contributed by atoms with van der Waals surface area (Å²) < 4.78 is 26.7. The number of rotatable bonds is 3. The molecule has 0 atom stereocenters. The third-order valence-electron chi connectivity index (χ3n) is 10.9. The summed E-state index contributed by atoms with van der Waals surface area (Å²) in [4.78, 5) is 0. The molecule has 2 aliphatic heterocycles. The molecule has 2 aliphatic rings. The Morgan fingerprint density at radius 2 is 0.833 bits per heavy atom. The van der Waals surface area contributed by atoms with Crippen LogP contribution in [0.15, 0.2) is 173 Å². The smallest absolute Gasteiger partial charge is 0.143 e. The van der Waals surface area contributed by atoms with Crippen molar-refractivity contribution in [2.45, 2.75) is 0 Å². The van der Waals surface area contributed by atoms with Crippen molar-refractivity contribution >= 4 is 77.6 Å². The molecule has 254 valence electrons. The Labute approximate surface area is 314 Å². The summed E-state index contributed by atoms with van der Waals surface area (Å²) in [5, 5.41) is 7.35. The van der Waals surface area contributed by atoms with Gasteiger partial charge in [-0.25, -0.2) is 0 Å². The van der Waals surface area contributed by atoms with Crippen LogP contribution in [0.4, 0.5) is 0 Å². The Balaban J connectivity index is 1.07. The average molecular weight is 731 g/mol.